The normalized spacial score (nSPS) is 12.9. The summed E-state index contributed by atoms with van der Waals surface area (Å²) in [6, 6.07) is 7.05. The summed E-state index contributed by atoms with van der Waals surface area (Å²) < 4.78 is 1.57. The standard InChI is InChI=1S/C23H24N4O3S2/c1-3-12-27-22(30)19-16-6-4-5-7-17(16)32-21(19)24-23(27)31-13-18(28)25-26-20(29)15-10-8-14(2)9-11-15/h3,8-11H,1,4-7,12-13H2,2H3,(H,25,28)(H,26,29). The van der Waals surface area contributed by atoms with Crippen molar-refractivity contribution < 1.29 is 9.59 Å². The molecular formula is C23H24N4O3S2. The average Bonchev–Trinajstić information content (AvgIpc) is 3.17. The molecule has 2 N–H and O–H groups in total. The van der Waals surface area contributed by atoms with Gasteiger partial charge in [0.1, 0.15) is 4.83 Å². The van der Waals surface area contributed by atoms with Crippen LogP contribution in [0.15, 0.2) is 46.9 Å². The highest BCUT2D eigenvalue weighted by molar-refractivity contribution is 7.99. The van der Waals surface area contributed by atoms with Gasteiger partial charge >= 0.3 is 0 Å². The minimum absolute atomic E-state index is 0.00829. The molecule has 0 spiro atoms. The van der Waals surface area contributed by atoms with E-state index in [-0.39, 0.29) is 17.2 Å². The number of benzene rings is 1. The SMILES string of the molecule is C=CCn1c(SCC(=O)NNC(=O)c2ccc(C)cc2)nc2sc3c(c2c1=O)CCCC3. The van der Waals surface area contributed by atoms with Crippen LogP contribution in [0.4, 0.5) is 0 Å². The van der Waals surface area contributed by atoms with Gasteiger partial charge in [-0.05, 0) is 50.3 Å². The monoisotopic (exact) mass is 468 g/mol. The van der Waals surface area contributed by atoms with E-state index in [4.69, 9.17) is 4.98 Å². The van der Waals surface area contributed by atoms with Gasteiger partial charge in [-0.25, -0.2) is 4.98 Å². The molecule has 7 nitrogen and oxygen atoms in total. The molecule has 166 valence electrons. The molecule has 32 heavy (non-hydrogen) atoms. The average molecular weight is 469 g/mol. The van der Waals surface area contributed by atoms with Crippen LogP contribution in [0.2, 0.25) is 0 Å². The van der Waals surface area contributed by atoms with E-state index in [0.717, 1.165) is 41.6 Å². The zero-order valence-corrected chi connectivity index (χ0v) is 19.4. The van der Waals surface area contributed by atoms with Gasteiger partial charge in [0.05, 0.1) is 11.1 Å². The number of hydrazine groups is 1. The summed E-state index contributed by atoms with van der Waals surface area (Å²) >= 11 is 2.75. The molecule has 0 bridgehead atoms. The Morgan fingerprint density at radius 1 is 1.22 bits per heavy atom. The molecule has 0 saturated heterocycles. The first-order valence-corrected chi connectivity index (χ1v) is 12.2. The van der Waals surface area contributed by atoms with Crippen molar-refractivity contribution in [1.82, 2.24) is 20.4 Å². The lowest BCUT2D eigenvalue weighted by molar-refractivity contribution is -0.119. The van der Waals surface area contributed by atoms with Crippen LogP contribution in [-0.4, -0.2) is 27.1 Å². The fourth-order valence-corrected chi connectivity index (χ4v) is 5.80. The third kappa shape index (κ3) is 4.63. The van der Waals surface area contributed by atoms with Crippen molar-refractivity contribution in [3.05, 3.63) is 68.8 Å². The van der Waals surface area contributed by atoms with E-state index < -0.39 is 5.91 Å². The Morgan fingerprint density at radius 3 is 2.72 bits per heavy atom. The molecule has 0 atom stereocenters. The van der Waals surface area contributed by atoms with Gasteiger partial charge in [0.15, 0.2) is 5.16 Å². The van der Waals surface area contributed by atoms with E-state index in [1.807, 2.05) is 19.1 Å². The topological polar surface area (TPSA) is 93.1 Å². The Labute approximate surface area is 193 Å². The van der Waals surface area contributed by atoms with Gasteiger partial charge in [-0.3, -0.25) is 29.8 Å². The first kappa shape index (κ1) is 22.3. The lowest BCUT2D eigenvalue weighted by Gasteiger charge is -2.12. The maximum Gasteiger partial charge on any atom is 0.269 e. The molecule has 0 saturated carbocycles. The van der Waals surface area contributed by atoms with Gasteiger partial charge in [0.25, 0.3) is 11.5 Å². The van der Waals surface area contributed by atoms with Crippen molar-refractivity contribution >= 4 is 45.1 Å². The first-order chi connectivity index (χ1) is 15.5. The van der Waals surface area contributed by atoms with Crippen LogP contribution in [-0.2, 0) is 24.2 Å². The molecule has 3 aromatic rings. The quantitative estimate of drug-likeness (QED) is 0.250. The molecule has 4 rings (SSSR count). The summed E-state index contributed by atoms with van der Waals surface area (Å²) in [5.74, 6) is -0.773. The number of hydrogen-bond acceptors (Lipinski definition) is 6. The van der Waals surface area contributed by atoms with Gasteiger partial charge in [-0.15, -0.1) is 17.9 Å². The lowest BCUT2D eigenvalue weighted by atomic mass is 9.97. The molecule has 9 heteroatoms. The van der Waals surface area contributed by atoms with Crippen LogP contribution in [0.25, 0.3) is 10.2 Å². The van der Waals surface area contributed by atoms with Crippen molar-refractivity contribution in [2.24, 2.45) is 0 Å². The largest absolute Gasteiger partial charge is 0.283 e. The molecule has 1 aromatic carbocycles. The third-order valence-corrected chi connectivity index (χ3v) is 7.48. The predicted molar refractivity (Wildman–Crippen MR) is 128 cm³/mol. The number of aromatic nitrogens is 2. The number of rotatable bonds is 6. The zero-order valence-electron chi connectivity index (χ0n) is 17.8. The number of amides is 2. The Hall–Kier alpha value is -2.91. The summed E-state index contributed by atoms with van der Waals surface area (Å²) in [5.41, 5.74) is 7.39. The minimum atomic E-state index is -0.393. The molecule has 2 heterocycles. The highest BCUT2D eigenvalue weighted by Crippen LogP contribution is 2.34. The summed E-state index contributed by atoms with van der Waals surface area (Å²) in [6.45, 7) is 6.00. The Kier molecular flexibility index (Phi) is 6.76. The van der Waals surface area contributed by atoms with E-state index in [0.29, 0.717) is 22.7 Å². The number of aryl methyl sites for hydroxylation is 3. The highest BCUT2D eigenvalue weighted by Gasteiger charge is 2.22. The lowest BCUT2D eigenvalue weighted by Crippen LogP contribution is -2.42. The molecule has 2 aromatic heterocycles. The smallest absolute Gasteiger partial charge is 0.269 e. The molecule has 0 unspecified atom stereocenters. The van der Waals surface area contributed by atoms with Gasteiger partial charge in [-0.2, -0.15) is 0 Å². The number of allylic oxidation sites excluding steroid dienone is 1. The van der Waals surface area contributed by atoms with E-state index in [1.54, 1.807) is 34.1 Å². The van der Waals surface area contributed by atoms with Crippen LogP contribution in [0.3, 0.4) is 0 Å². The van der Waals surface area contributed by atoms with Crippen molar-refractivity contribution in [3.8, 4) is 0 Å². The van der Waals surface area contributed by atoms with E-state index in [1.165, 1.54) is 16.6 Å². The number of carbonyl (C=O) groups is 2. The molecular weight excluding hydrogens is 444 g/mol. The van der Waals surface area contributed by atoms with Crippen molar-refractivity contribution in [1.29, 1.82) is 0 Å². The summed E-state index contributed by atoms with van der Waals surface area (Å²) in [6.07, 6.45) is 5.78. The summed E-state index contributed by atoms with van der Waals surface area (Å²) in [5, 5.41) is 1.19. The fourth-order valence-electron chi connectivity index (χ4n) is 3.69. The maximum atomic E-state index is 13.2. The fraction of sp³-hybridized carbons (Fsp3) is 0.304. The highest BCUT2D eigenvalue weighted by atomic mass is 32.2. The third-order valence-electron chi connectivity index (χ3n) is 5.31. The van der Waals surface area contributed by atoms with Crippen molar-refractivity contribution in [2.75, 3.05) is 5.75 Å². The van der Waals surface area contributed by atoms with Crippen LogP contribution >= 0.6 is 23.1 Å². The number of thioether (sulfide) groups is 1. The first-order valence-electron chi connectivity index (χ1n) is 10.4. The predicted octanol–water partition coefficient (Wildman–Crippen LogP) is 3.38. The molecule has 1 aliphatic carbocycles. The van der Waals surface area contributed by atoms with Gasteiger partial charge in [-0.1, -0.05) is 35.5 Å². The second kappa shape index (κ2) is 9.70. The van der Waals surface area contributed by atoms with Gasteiger partial charge in [0, 0.05) is 17.0 Å². The van der Waals surface area contributed by atoms with E-state index in [9.17, 15) is 14.4 Å². The molecule has 0 radical (unpaired) electrons. The van der Waals surface area contributed by atoms with Gasteiger partial charge in [0.2, 0.25) is 5.91 Å². The zero-order chi connectivity index (χ0) is 22.7. The Balaban J connectivity index is 1.47. The van der Waals surface area contributed by atoms with Crippen LogP contribution < -0.4 is 16.4 Å². The number of fused-ring (bicyclic) bond motifs is 3. The Morgan fingerprint density at radius 2 is 1.97 bits per heavy atom. The van der Waals surface area contributed by atoms with Crippen molar-refractivity contribution in [2.45, 2.75) is 44.3 Å². The number of thiophene rings is 1. The maximum absolute atomic E-state index is 13.2. The Bertz CT molecular complexity index is 1240. The van der Waals surface area contributed by atoms with Gasteiger partial charge < -0.3 is 0 Å². The van der Waals surface area contributed by atoms with Crippen LogP contribution in [0, 0.1) is 6.92 Å². The summed E-state index contributed by atoms with van der Waals surface area (Å²) in [7, 11) is 0. The van der Waals surface area contributed by atoms with Crippen molar-refractivity contribution in [3.63, 3.8) is 0 Å². The number of nitrogens with zero attached hydrogens (tertiary/aromatic N) is 2. The second-order valence-electron chi connectivity index (χ2n) is 7.65. The number of nitrogens with one attached hydrogen (secondary N) is 2. The molecule has 0 fully saturated rings. The van der Waals surface area contributed by atoms with Crippen LogP contribution in [0.1, 0.15) is 39.2 Å². The van der Waals surface area contributed by atoms with Crippen LogP contribution in [0.5, 0.6) is 0 Å². The minimum Gasteiger partial charge on any atom is -0.283 e. The molecule has 1 aliphatic rings. The number of hydrogen-bond donors (Lipinski definition) is 2. The van der Waals surface area contributed by atoms with E-state index >= 15 is 0 Å². The summed E-state index contributed by atoms with van der Waals surface area (Å²) in [4.78, 5) is 44.4. The van der Waals surface area contributed by atoms with E-state index in [2.05, 4.69) is 17.4 Å². The molecule has 0 aliphatic heterocycles. The molecule has 2 amide bonds. The number of carbonyl (C=O) groups excluding carboxylic acids is 2. The second-order valence-corrected chi connectivity index (χ2v) is 9.67.